The van der Waals surface area contributed by atoms with Crippen LogP contribution in [0.25, 0.3) is 16.3 Å². The molecule has 1 N–H and O–H groups in total. The summed E-state index contributed by atoms with van der Waals surface area (Å²) in [5.74, 6) is 0.287. The molecule has 3 aromatic rings. The Hall–Kier alpha value is -2.16. The van der Waals surface area contributed by atoms with Crippen molar-refractivity contribution in [1.29, 1.82) is 0 Å². The van der Waals surface area contributed by atoms with Gasteiger partial charge in [0.15, 0.2) is 10.3 Å². The lowest BCUT2D eigenvalue weighted by Gasteiger charge is -2.00. The van der Waals surface area contributed by atoms with Crippen LogP contribution in [0.1, 0.15) is 5.56 Å². The van der Waals surface area contributed by atoms with Gasteiger partial charge in [-0.25, -0.2) is 15.0 Å². The van der Waals surface area contributed by atoms with Gasteiger partial charge in [-0.3, -0.25) is 10.1 Å². The fourth-order valence-corrected chi connectivity index (χ4v) is 3.41. The van der Waals surface area contributed by atoms with E-state index in [-0.39, 0.29) is 5.91 Å². The second kappa shape index (κ2) is 7.81. The number of nitrogens with one attached hydrogen (secondary N) is 1. The van der Waals surface area contributed by atoms with E-state index in [0.717, 1.165) is 10.3 Å². The summed E-state index contributed by atoms with van der Waals surface area (Å²) in [7, 11) is 1.55. The fourth-order valence-electron chi connectivity index (χ4n) is 1.98. The van der Waals surface area contributed by atoms with Crippen molar-refractivity contribution < 1.29 is 9.53 Å². The minimum absolute atomic E-state index is 0.286. The summed E-state index contributed by atoms with van der Waals surface area (Å²) in [5, 5.41) is 4.39. The molecule has 0 aliphatic heterocycles. The monoisotopic (exact) mass is 392 g/mol. The van der Waals surface area contributed by atoms with E-state index in [1.165, 1.54) is 29.2 Å². The Balaban J connectivity index is 1.71. The average molecular weight is 393 g/mol. The molecular weight excluding hydrogens is 380 g/mol. The van der Waals surface area contributed by atoms with Crippen LogP contribution in [0.3, 0.4) is 0 Å². The SMILES string of the molecule is COc1cc2sc(NC(=O)/C=C/c3cnc(SC)nc3)nc2cc1Cl. The van der Waals surface area contributed by atoms with Crippen LogP contribution in [0.4, 0.5) is 5.13 Å². The van der Waals surface area contributed by atoms with Gasteiger partial charge in [0.2, 0.25) is 5.91 Å². The third kappa shape index (κ3) is 4.28. The minimum Gasteiger partial charge on any atom is -0.495 e. The molecule has 2 aromatic heterocycles. The molecule has 3 rings (SSSR count). The first kappa shape index (κ1) is 17.7. The van der Waals surface area contributed by atoms with Gasteiger partial charge in [0, 0.05) is 30.1 Å². The van der Waals surface area contributed by atoms with E-state index in [2.05, 4.69) is 20.3 Å². The van der Waals surface area contributed by atoms with E-state index >= 15 is 0 Å². The maximum Gasteiger partial charge on any atom is 0.250 e. The van der Waals surface area contributed by atoms with Crippen molar-refractivity contribution >= 4 is 62.0 Å². The molecular formula is C16H13ClN4O2S2. The quantitative estimate of drug-likeness (QED) is 0.400. The largest absolute Gasteiger partial charge is 0.495 e. The Kier molecular flexibility index (Phi) is 5.52. The molecule has 0 saturated carbocycles. The summed E-state index contributed by atoms with van der Waals surface area (Å²) >= 11 is 8.89. The maximum absolute atomic E-state index is 12.0. The van der Waals surface area contributed by atoms with Gasteiger partial charge in [-0.05, 0) is 18.4 Å². The number of aromatic nitrogens is 3. The summed E-state index contributed by atoms with van der Waals surface area (Å²) in [6, 6.07) is 3.51. The fraction of sp³-hybridized carbons (Fsp3) is 0.125. The number of carbonyl (C=O) groups is 1. The molecule has 0 fully saturated rings. The maximum atomic E-state index is 12.0. The van der Waals surface area contributed by atoms with Gasteiger partial charge in [0.25, 0.3) is 0 Å². The molecule has 0 spiro atoms. The highest BCUT2D eigenvalue weighted by Crippen LogP contribution is 2.34. The number of ether oxygens (including phenoxy) is 1. The van der Waals surface area contributed by atoms with Gasteiger partial charge >= 0.3 is 0 Å². The summed E-state index contributed by atoms with van der Waals surface area (Å²) in [6.07, 6.45) is 8.28. The van der Waals surface area contributed by atoms with Crippen LogP contribution in [0.2, 0.25) is 5.02 Å². The minimum atomic E-state index is -0.286. The van der Waals surface area contributed by atoms with Crippen LogP contribution in [0, 0.1) is 0 Å². The van der Waals surface area contributed by atoms with Gasteiger partial charge in [-0.15, -0.1) is 0 Å². The Morgan fingerprint density at radius 1 is 1.36 bits per heavy atom. The Morgan fingerprint density at radius 2 is 2.12 bits per heavy atom. The van der Waals surface area contributed by atoms with Crippen molar-refractivity contribution in [2.45, 2.75) is 5.16 Å². The number of anilines is 1. The molecule has 0 radical (unpaired) electrons. The number of amides is 1. The molecule has 25 heavy (non-hydrogen) atoms. The second-order valence-electron chi connectivity index (χ2n) is 4.80. The van der Waals surface area contributed by atoms with Gasteiger partial charge < -0.3 is 4.74 Å². The van der Waals surface area contributed by atoms with Gasteiger partial charge in [-0.2, -0.15) is 0 Å². The van der Waals surface area contributed by atoms with E-state index in [0.29, 0.717) is 26.6 Å². The van der Waals surface area contributed by atoms with Crippen molar-refractivity contribution in [3.05, 3.63) is 41.2 Å². The van der Waals surface area contributed by atoms with E-state index in [9.17, 15) is 4.79 Å². The van der Waals surface area contributed by atoms with E-state index < -0.39 is 0 Å². The van der Waals surface area contributed by atoms with Crippen molar-refractivity contribution in [3.8, 4) is 5.75 Å². The number of hydrogen-bond donors (Lipinski definition) is 1. The zero-order valence-electron chi connectivity index (χ0n) is 13.3. The van der Waals surface area contributed by atoms with Crippen LogP contribution in [-0.2, 0) is 4.79 Å². The molecule has 1 amide bonds. The third-order valence-electron chi connectivity index (χ3n) is 3.15. The van der Waals surface area contributed by atoms with Crippen molar-refractivity contribution in [2.24, 2.45) is 0 Å². The molecule has 0 unspecified atom stereocenters. The van der Waals surface area contributed by atoms with E-state index in [4.69, 9.17) is 16.3 Å². The number of thioether (sulfide) groups is 1. The molecule has 0 atom stereocenters. The summed E-state index contributed by atoms with van der Waals surface area (Å²) < 4.78 is 6.06. The van der Waals surface area contributed by atoms with Crippen molar-refractivity contribution in [3.63, 3.8) is 0 Å². The first-order valence-electron chi connectivity index (χ1n) is 7.08. The normalized spacial score (nSPS) is 11.2. The molecule has 128 valence electrons. The number of fused-ring (bicyclic) bond motifs is 1. The van der Waals surface area contributed by atoms with Crippen molar-refractivity contribution in [2.75, 3.05) is 18.7 Å². The molecule has 0 aliphatic carbocycles. The molecule has 0 bridgehead atoms. The first-order chi connectivity index (χ1) is 12.1. The lowest BCUT2D eigenvalue weighted by atomic mass is 10.3. The lowest BCUT2D eigenvalue weighted by molar-refractivity contribution is -0.111. The Morgan fingerprint density at radius 3 is 2.80 bits per heavy atom. The third-order valence-corrected chi connectivity index (χ3v) is 4.95. The number of halogens is 1. The van der Waals surface area contributed by atoms with E-state index in [1.54, 1.807) is 37.7 Å². The number of thiazole rings is 1. The van der Waals surface area contributed by atoms with Gasteiger partial charge in [0.1, 0.15) is 5.75 Å². The Labute approximate surface area is 157 Å². The number of rotatable bonds is 5. The predicted octanol–water partition coefficient (Wildman–Crippen LogP) is 4.12. The Bertz CT molecular complexity index is 941. The van der Waals surface area contributed by atoms with Crippen LogP contribution in [0.5, 0.6) is 5.75 Å². The number of carbonyl (C=O) groups excluding carboxylic acids is 1. The molecule has 2 heterocycles. The molecule has 0 aliphatic rings. The topological polar surface area (TPSA) is 77.0 Å². The lowest BCUT2D eigenvalue weighted by Crippen LogP contribution is -2.07. The van der Waals surface area contributed by atoms with E-state index in [1.807, 2.05) is 6.26 Å². The van der Waals surface area contributed by atoms with Crippen LogP contribution >= 0.6 is 34.7 Å². The smallest absolute Gasteiger partial charge is 0.250 e. The standard InChI is InChI=1S/C16H13ClN4O2S2/c1-23-12-6-13-11(5-10(12)17)20-16(25-13)21-14(22)4-3-9-7-18-15(24-2)19-8-9/h3-8H,1-2H3,(H,20,21,22)/b4-3+. The van der Waals surface area contributed by atoms with Crippen LogP contribution in [-0.4, -0.2) is 34.2 Å². The summed E-state index contributed by atoms with van der Waals surface area (Å²) in [5.41, 5.74) is 1.45. The highest BCUT2D eigenvalue weighted by atomic mass is 35.5. The molecule has 6 nitrogen and oxygen atoms in total. The van der Waals surface area contributed by atoms with Crippen molar-refractivity contribution in [1.82, 2.24) is 15.0 Å². The zero-order chi connectivity index (χ0) is 17.8. The molecule has 0 saturated heterocycles. The average Bonchev–Trinajstić information content (AvgIpc) is 3.00. The zero-order valence-corrected chi connectivity index (χ0v) is 15.7. The van der Waals surface area contributed by atoms with Crippen LogP contribution < -0.4 is 10.1 Å². The van der Waals surface area contributed by atoms with Gasteiger partial charge in [-0.1, -0.05) is 34.7 Å². The highest BCUT2D eigenvalue weighted by molar-refractivity contribution is 7.98. The molecule has 1 aromatic carbocycles. The predicted molar refractivity (Wildman–Crippen MR) is 103 cm³/mol. The second-order valence-corrected chi connectivity index (χ2v) is 7.01. The molecule has 9 heteroatoms. The number of nitrogens with zero attached hydrogens (tertiary/aromatic N) is 3. The van der Waals surface area contributed by atoms with Crippen LogP contribution in [0.15, 0.2) is 35.8 Å². The summed E-state index contributed by atoms with van der Waals surface area (Å²) in [6.45, 7) is 0. The number of methoxy groups -OCH3 is 1. The highest BCUT2D eigenvalue weighted by Gasteiger charge is 2.10. The summed E-state index contributed by atoms with van der Waals surface area (Å²) in [4.78, 5) is 24.7. The van der Waals surface area contributed by atoms with Gasteiger partial charge in [0.05, 0.1) is 22.3 Å². The number of hydrogen-bond acceptors (Lipinski definition) is 7. The number of benzene rings is 1. The first-order valence-corrected chi connectivity index (χ1v) is 9.50.